The molecule has 0 spiro atoms. The van der Waals surface area contributed by atoms with E-state index in [9.17, 15) is 13.2 Å². The van der Waals surface area contributed by atoms with E-state index in [0.717, 1.165) is 6.42 Å². The molecule has 1 atom stereocenters. The fraction of sp³-hybridized carbons (Fsp3) is 0.688. The minimum atomic E-state index is -3.39. The van der Waals surface area contributed by atoms with Crippen LogP contribution in [0.5, 0.6) is 0 Å². The monoisotopic (exact) mass is 372 g/mol. The van der Waals surface area contributed by atoms with Crippen LogP contribution in [0.15, 0.2) is 21.7 Å². The van der Waals surface area contributed by atoms with E-state index >= 15 is 0 Å². The maximum absolute atomic E-state index is 12.6. The zero-order valence-electron chi connectivity index (χ0n) is 14.1. The number of carbonyl (C=O) groups is 1. The number of hydrogen-bond donors (Lipinski definition) is 0. The highest BCUT2D eigenvalue weighted by Crippen LogP contribution is 2.30. The molecule has 2 fully saturated rings. The molecule has 1 unspecified atom stereocenters. The first-order chi connectivity index (χ1) is 11.4. The molecule has 2 saturated heterocycles. The van der Waals surface area contributed by atoms with Crippen molar-refractivity contribution in [3.05, 3.63) is 17.5 Å². The number of cyclic esters (lactones) is 1. The molecule has 3 heterocycles. The topological polar surface area (TPSA) is 66.9 Å². The van der Waals surface area contributed by atoms with Crippen LogP contribution >= 0.6 is 11.3 Å². The third-order valence-electron chi connectivity index (χ3n) is 4.65. The summed E-state index contributed by atoms with van der Waals surface area (Å²) in [5, 5.41) is 1.77. The van der Waals surface area contributed by atoms with Crippen molar-refractivity contribution in [2.75, 3.05) is 19.7 Å². The second-order valence-electron chi connectivity index (χ2n) is 6.83. The largest absolute Gasteiger partial charge is 0.447 e. The Kier molecular flexibility index (Phi) is 5.17. The highest BCUT2D eigenvalue weighted by atomic mass is 32.2. The van der Waals surface area contributed by atoms with Gasteiger partial charge in [0.25, 0.3) is 10.0 Å². The quantitative estimate of drug-likeness (QED) is 0.797. The van der Waals surface area contributed by atoms with Gasteiger partial charge in [-0.25, -0.2) is 13.2 Å². The minimum Gasteiger partial charge on any atom is -0.447 e. The van der Waals surface area contributed by atoms with Crippen molar-refractivity contribution in [2.24, 2.45) is 5.92 Å². The number of piperidine rings is 1. The van der Waals surface area contributed by atoms with E-state index in [1.807, 2.05) is 4.90 Å². The lowest BCUT2D eigenvalue weighted by atomic mass is 9.99. The molecule has 0 aliphatic carbocycles. The van der Waals surface area contributed by atoms with Crippen LogP contribution in [0.3, 0.4) is 0 Å². The smallest absolute Gasteiger partial charge is 0.410 e. The van der Waals surface area contributed by atoms with Crippen LogP contribution in [0.1, 0.15) is 33.1 Å². The fourth-order valence-electron chi connectivity index (χ4n) is 3.54. The summed E-state index contributed by atoms with van der Waals surface area (Å²) >= 11 is 1.24. The lowest BCUT2D eigenvalue weighted by molar-refractivity contribution is 0.121. The standard InChI is InChI=1S/C16H24N2O4S2/c1-12(2)10-14-11-22-16(19)18(14)13-5-7-17(8-6-13)24(20,21)15-4-3-9-23-15/h3-4,9,12-14H,5-8,10-11H2,1-2H3. The molecular weight excluding hydrogens is 348 g/mol. The predicted octanol–water partition coefficient (Wildman–Crippen LogP) is 2.77. The molecule has 0 bridgehead atoms. The Hall–Kier alpha value is -1.12. The average Bonchev–Trinajstić information content (AvgIpc) is 3.18. The molecule has 8 heteroatoms. The van der Waals surface area contributed by atoms with Gasteiger partial charge in [0.15, 0.2) is 0 Å². The lowest BCUT2D eigenvalue weighted by Crippen LogP contribution is -2.49. The van der Waals surface area contributed by atoms with Crippen LogP contribution in [0.25, 0.3) is 0 Å². The molecule has 0 aromatic carbocycles. The average molecular weight is 373 g/mol. The van der Waals surface area contributed by atoms with E-state index in [2.05, 4.69) is 13.8 Å². The van der Waals surface area contributed by atoms with Crippen LogP contribution in [-0.2, 0) is 14.8 Å². The highest BCUT2D eigenvalue weighted by molar-refractivity contribution is 7.91. The zero-order chi connectivity index (χ0) is 17.3. The van der Waals surface area contributed by atoms with Crippen LogP contribution in [0.2, 0.25) is 0 Å². The first-order valence-electron chi connectivity index (χ1n) is 8.38. The van der Waals surface area contributed by atoms with Gasteiger partial charge in [-0.05, 0) is 36.6 Å². The lowest BCUT2D eigenvalue weighted by Gasteiger charge is -2.37. The first kappa shape index (κ1) is 17.7. The highest BCUT2D eigenvalue weighted by Gasteiger charge is 2.41. The summed E-state index contributed by atoms with van der Waals surface area (Å²) in [6.45, 7) is 5.62. The van der Waals surface area contributed by atoms with Gasteiger partial charge < -0.3 is 4.74 Å². The zero-order valence-corrected chi connectivity index (χ0v) is 15.7. The van der Waals surface area contributed by atoms with Gasteiger partial charge in [-0.15, -0.1) is 11.3 Å². The first-order valence-corrected chi connectivity index (χ1v) is 10.7. The van der Waals surface area contributed by atoms with Crippen molar-refractivity contribution in [1.29, 1.82) is 0 Å². The normalized spacial score (nSPS) is 23.9. The van der Waals surface area contributed by atoms with Gasteiger partial charge in [-0.2, -0.15) is 4.31 Å². The maximum Gasteiger partial charge on any atom is 0.410 e. The van der Waals surface area contributed by atoms with Crippen molar-refractivity contribution in [1.82, 2.24) is 9.21 Å². The summed E-state index contributed by atoms with van der Waals surface area (Å²) in [7, 11) is -3.39. The molecule has 3 rings (SSSR count). The van der Waals surface area contributed by atoms with Crippen LogP contribution in [0.4, 0.5) is 4.79 Å². The Labute approximate surface area is 147 Å². The van der Waals surface area contributed by atoms with Gasteiger partial charge in [-0.3, -0.25) is 4.90 Å². The Morgan fingerprint density at radius 1 is 1.33 bits per heavy atom. The number of hydrogen-bond acceptors (Lipinski definition) is 5. The van der Waals surface area contributed by atoms with E-state index in [4.69, 9.17) is 4.74 Å². The Bertz CT molecular complexity index is 664. The van der Waals surface area contributed by atoms with Gasteiger partial charge in [0.1, 0.15) is 10.8 Å². The van der Waals surface area contributed by atoms with Crippen molar-refractivity contribution < 1.29 is 17.9 Å². The van der Waals surface area contributed by atoms with E-state index in [-0.39, 0.29) is 18.2 Å². The number of amides is 1. The molecule has 1 aromatic heterocycles. The van der Waals surface area contributed by atoms with E-state index < -0.39 is 10.0 Å². The number of ether oxygens (including phenoxy) is 1. The second kappa shape index (κ2) is 7.01. The second-order valence-corrected chi connectivity index (χ2v) is 9.95. The molecular formula is C16H24N2O4S2. The van der Waals surface area contributed by atoms with E-state index in [1.54, 1.807) is 17.5 Å². The Morgan fingerprint density at radius 2 is 2.04 bits per heavy atom. The molecule has 2 aliphatic heterocycles. The summed E-state index contributed by atoms with van der Waals surface area (Å²) in [4.78, 5) is 14.0. The molecule has 1 aromatic rings. The Balaban J connectivity index is 1.65. The van der Waals surface area contributed by atoms with Gasteiger partial charge in [0.2, 0.25) is 0 Å². The van der Waals surface area contributed by atoms with Gasteiger partial charge in [0, 0.05) is 19.1 Å². The molecule has 0 saturated carbocycles. The molecule has 2 aliphatic rings. The van der Waals surface area contributed by atoms with Gasteiger partial charge in [-0.1, -0.05) is 19.9 Å². The van der Waals surface area contributed by atoms with Gasteiger partial charge in [0.05, 0.1) is 6.04 Å². The molecule has 0 radical (unpaired) electrons. The summed E-state index contributed by atoms with van der Waals surface area (Å²) in [6.07, 6.45) is 1.99. The number of sulfonamides is 1. The third-order valence-corrected chi connectivity index (χ3v) is 7.92. The van der Waals surface area contributed by atoms with Gasteiger partial charge >= 0.3 is 6.09 Å². The number of carbonyl (C=O) groups excluding carboxylic acids is 1. The number of rotatable bonds is 5. The summed E-state index contributed by atoms with van der Waals surface area (Å²) in [5.41, 5.74) is 0. The van der Waals surface area contributed by atoms with Crippen molar-refractivity contribution >= 4 is 27.5 Å². The molecule has 0 N–H and O–H groups in total. The fourth-order valence-corrected chi connectivity index (χ4v) is 6.16. The predicted molar refractivity (Wildman–Crippen MR) is 92.5 cm³/mol. The summed E-state index contributed by atoms with van der Waals surface area (Å²) in [5.74, 6) is 0.492. The number of thiophene rings is 1. The summed E-state index contributed by atoms with van der Waals surface area (Å²) in [6, 6.07) is 3.57. The molecule has 134 valence electrons. The third kappa shape index (κ3) is 3.45. The van der Waals surface area contributed by atoms with Crippen molar-refractivity contribution in [2.45, 2.75) is 49.4 Å². The van der Waals surface area contributed by atoms with Crippen molar-refractivity contribution in [3.63, 3.8) is 0 Å². The summed E-state index contributed by atoms with van der Waals surface area (Å²) < 4.78 is 32.3. The minimum absolute atomic E-state index is 0.0681. The maximum atomic E-state index is 12.6. The molecule has 1 amide bonds. The van der Waals surface area contributed by atoms with Crippen molar-refractivity contribution in [3.8, 4) is 0 Å². The van der Waals surface area contributed by atoms with E-state index in [0.29, 0.717) is 42.7 Å². The van der Waals surface area contributed by atoms with Crippen LogP contribution in [-0.4, -0.2) is 55.5 Å². The molecule has 24 heavy (non-hydrogen) atoms. The van der Waals surface area contributed by atoms with Crippen LogP contribution in [0, 0.1) is 5.92 Å². The van der Waals surface area contributed by atoms with E-state index in [1.165, 1.54) is 15.6 Å². The Morgan fingerprint density at radius 3 is 2.62 bits per heavy atom. The van der Waals surface area contributed by atoms with Crippen LogP contribution < -0.4 is 0 Å². The molecule has 6 nitrogen and oxygen atoms in total. The number of nitrogens with zero attached hydrogens (tertiary/aromatic N) is 2. The SMILES string of the molecule is CC(C)CC1COC(=O)N1C1CCN(S(=O)(=O)c2cccs2)CC1.